The lowest BCUT2D eigenvalue weighted by Crippen LogP contribution is -2.21. The number of nitrogens with one attached hydrogen (secondary N) is 2. The van der Waals surface area contributed by atoms with E-state index < -0.39 is 29.3 Å². The van der Waals surface area contributed by atoms with Crippen LogP contribution in [0.25, 0.3) is 0 Å². The Morgan fingerprint density at radius 3 is 2.15 bits per heavy atom. The number of hydrogen-bond acceptors (Lipinski definition) is 7. The number of hydrogen-bond donors (Lipinski definition) is 2. The molecule has 0 radical (unpaired) electrons. The van der Waals surface area contributed by atoms with Crippen molar-refractivity contribution in [3.8, 4) is 11.5 Å². The molecule has 3 aromatic carbocycles. The molecule has 0 aromatic heterocycles. The zero-order chi connectivity index (χ0) is 24.3. The van der Waals surface area contributed by atoms with Gasteiger partial charge >= 0.3 is 5.97 Å². The Morgan fingerprint density at radius 1 is 0.765 bits per heavy atom. The molecule has 0 unspecified atom stereocenters. The van der Waals surface area contributed by atoms with E-state index in [9.17, 15) is 24.5 Å². The summed E-state index contributed by atoms with van der Waals surface area (Å²) in [4.78, 5) is 46.0. The second kappa shape index (κ2) is 11.8. The van der Waals surface area contributed by atoms with Gasteiger partial charge in [0.05, 0.1) is 11.3 Å². The van der Waals surface area contributed by atoms with Crippen molar-refractivity contribution in [1.82, 2.24) is 0 Å². The van der Waals surface area contributed by atoms with Crippen LogP contribution < -0.4 is 15.4 Å². The molecule has 2 N–H and O–H groups in total. The number of esters is 1. The first-order valence-electron chi connectivity index (χ1n) is 10.2. The number of carbonyl (C=O) groups is 3. The van der Waals surface area contributed by atoms with Gasteiger partial charge in [0, 0.05) is 29.9 Å². The number of nitrogens with zero attached hydrogens (tertiary/aromatic N) is 1. The Hall–Kier alpha value is -4.73. The van der Waals surface area contributed by atoms with E-state index in [-0.39, 0.29) is 24.2 Å². The van der Waals surface area contributed by atoms with Crippen molar-refractivity contribution in [3.63, 3.8) is 0 Å². The maximum absolute atomic E-state index is 12.1. The molecule has 0 bridgehead atoms. The Balaban J connectivity index is 1.36. The van der Waals surface area contributed by atoms with Crippen LogP contribution >= 0.6 is 0 Å². The van der Waals surface area contributed by atoms with Crippen LogP contribution in [-0.2, 0) is 19.1 Å². The lowest BCUT2D eigenvalue weighted by molar-refractivity contribution is -0.384. The lowest BCUT2D eigenvalue weighted by Gasteiger charge is -2.08. The lowest BCUT2D eigenvalue weighted by atomic mass is 10.2. The first kappa shape index (κ1) is 23.9. The van der Waals surface area contributed by atoms with E-state index in [2.05, 4.69) is 10.6 Å². The summed E-state index contributed by atoms with van der Waals surface area (Å²) in [5.74, 6) is -0.477. The van der Waals surface area contributed by atoms with Gasteiger partial charge in [-0.25, -0.2) is 0 Å². The Kier molecular flexibility index (Phi) is 8.28. The van der Waals surface area contributed by atoms with E-state index in [0.717, 1.165) is 0 Å². The van der Waals surface area contributed by atoms with Gasteiger partial charge in [-0.3, -0.25) is 24.5 Å². The maximum Gasteiger partial charge on any atom is 0.306 e. The molecule has 174 valence electrons. The summed E-state index contributed by atoms with van der Waals surface area (Å²) in [6, 6.07) is 21.4. The van der Waals surface area contributed by atoms with Gasteiger partial charge in [0.15, 0.2) is 6.61 Å². The standard InChI is InChI=1S/C24H21N3O7/c28-22(25-17-9-11-21(12-10-17)34-20-7-2-1-3-8-20)13-14-24(30)33-16-23(29)26-18-5-4-6-19(15-18)27(31)32/h1-12,15H,13-14,16H2,(H,25,28)(H,26,29). The molecule has 0 aliphatic carbocycles. The van der Waals surface area contributed by atoms with Gasteiger partial charge in [-0.05, 0) is 42.5 Å². The number of benzene rings is 3. The van der Waals surface area contributed by atoms with Crippen molar-refractivity contribution in [2.75, 3.05) is 17.2 Å². The van der Waals surface area contributed by atoms with Crippen LogP contribution in [0, 0.1) is 10.1 Å². The first-order valence-corrected chi connectivity index (χ1v) is 10.2. The summed E-state index contributed by atoms with van der Waals surface area (Å²) < 4.78 is 10.5. The summed E-state index contributed by atoms with van der Waals surface area (Å²) in [5, 5.41) is 15.8. The topological polar surface area (TPSA) is 137 Å². The maximum atomic E-state index is 12.1. The molecule has 3 aromatic rings. The number of non-ortho nitro benzene ring substituents is 1. The van der Waals surface area contributed by atoms with Crippen LogP contribution in [0.3, 0.4) is 0 Å². The van der Waals surface area contributed by atoms with E-state index in [4.69, 9.17) is 9.47 Å². The third-order valence-corrected chi connectivity index (χ3v) is 4.38. The number of para-hydroxylation sites is 1. The van der Waals surface area contributed by atoms with Gasteiger partial charge in [-0.1, -0.05) is 24.3 Å². The van der Waals surface area contributed by atoms with E-state index in [1.165, 1.54) is 24.3 Å². The molecule has 0 saturated heterocycles. The molecule has 0 atom stereocenters. The molecule has 0 aliphatic rings. The predicted octanol–water partition coefficient (Wildman–Crippen LogP) is 4.29. The van der Waals surface area contributed by atoms with Crippen LogP contribution in [0.1, 0.15) is 12.8 Å². The number of nitro groups is 1. The Morgan fingerprint density at radius 2 is 1.44 bits per heavy atom. The second-order valence-corrected chi connectivity index (χ2v) is 7.00. The minimum atomic E-state index is -0.726. The van der Waals surface area contributed by atoms with Crippen LogP contribution in [0.5, 0.6) is 11.5 Å². The summed E-state index contributed by atoms with van der Waals surface area (Å²) in [6.07, 6.45) is -0.348. The Bertz CT molecular complexity index is 1160. The summed E-state index contributed by atoms with van der Waals surface area (Å²) in [7, 11) is 0. The van der Waals surface area contributed by atoms with Crippen molar-refractivity contribution < 1.29 is 28.8 Å². The molecule has 0 saturated carbocycles. The molecule has 0 heterocycles. The highest BCUT2D eigenvalue weighted by Gasteiger charge is 2.12. The Labute approximate surface area is 194 Å². The van der Waals surface area contributed by atoms with Gasteiger partial charge in [0.2, 0.25) is 5.91 Å². The number of amides is 2. The quantitative estimate of drug-likeness (QED) is 0.260. The van der Waals surface area contributed by atoms with Crippen molar-refractivity contribution in [1.29, 1.82) is 0 Å². The number of anilines is 2. The summed E-state index contributed by atoms with van der Waals surface area (Å²) in [6.45, 7) is -0.577. The predicted molar refractivity (Wildman–Crippen MR) is 124 cm³/mol. The minimum Gasteiger partial charge on any atom is -0.457 e. The molecule has 2 amide bonds. The van der Waals surface area contributed by atoms with Crippen molar-refractivity contribution in [3.05, 3.63) is 89.0 Å². The van der Waals surface area contributed by atoms with Crippen molar-refractivity contribution >= 4 is 34.8 Å². The normalized spacial score (nSPS) is 10.1. The highest BCUT2D eigenvalue weighted by Crippen LogP contribution is 2.22. The van der Waals surface area contributed by atoms with Gasteiger partial charge < -0.3 is 20.1 Å². The number of rotatable bonds is 10. The van der Waals surface area contributed by atoms with Crippen LogP contribution in [-0.4, -0.2) is 29.3 Å². The van der Waals surface area contributed by atoms with Gasteiger partial charge in [0.1, 0.15) is 11.5 Å². The van der Waals surface area contributed by atoms with Crippen molar-refractivity contribution in [2.24, 2.45) is 0 Å². The van der Waals surface area contributed by atoms with E-state index in [1.807, 2.05) is 30.3 Å². The molecule has 0 spiro atoms. The molecule has 10 heteroatoms. The van der Waals surface area contributed by atoms with E-state index in [0.29, 0.717) is 17.2 Å². The fourth-order valence-corrected chi connectivity index (χ4v) is 2.78. The highest BCUT2D eigenvalue weighted by molar-refractivity contribution is 5.94. The summed E-state index contributed by atoms with van der Waals surface area (Å²) in [5.41, 5.74) is 0.559. The molecule has 10 nitrogen and oxygen atoms in total. The average Bonchev–Trinajstić information content (AvgIpc) is 2.83. The van der Waals surface area contributed by atoms with E-state index in [1.54, 1.807) is 24.3 Å². The average molecular weight is 463 g/mol. The number of nitro benzene ring substituents is 1. The highest BCUT2D eigenvalue weighted by atomic mass is 16.6. The zero-order valence-electron chi connectivity index (χ0n) is 17.9. The van der Waals surface area contributed by atoms with Gasteiger partial charge in [0.25, 0.3) is 11.6 Å². The monoisotopic (exact) mass is 463 g/mol. The fraction of sp³-hybridized carbons (Fsp3) is 0.125. The summed E-state index contributed by atoms with van der Waals surface area (Å²) >= 11 is 0. The second-order valence-electron chi connectivity index (χ2n) is 7.00. The fourth-order valence-electron chi connectivity index (χ4n) is 2.78. The smallest absolute Gasteiger partial charge is 0.306 e. The van der Waals surface area contributed by atoms with Crippen LogP contribution in [0.15, 0.2) is 78.9 Å². The molecular weight excluding hydrogens is 442 g/mol. The van der Waals surface area contributed by atoms with Gasteiger partial charge in [-0.2, -0.15) is 0 Å². The largest absolute Gasteiger partial charge is 0.457 e. The SMILES string of the molecule is O=C(CCC(=O)OCC(=O)Nc1cccc([N+](=O)[O-])c1)Nc1ccc(Oc2ccccc2)cc1. The molecule has 0 aliphatic heterocycles. The van der Waals surface area contributed by atoms with Crippen LogP contribution in [0.4, 0.5) is 17.1 Å². The number of ether oxygens (including phenoxy) is 2. The minimum absolute atomic E-state index is 0.131. The number of carbonyl (C=O) groups excluding carboxylic acids is 3. The third-order valence-electron chi connectivity index (χ3n) is 4.38. The van der Waals surface area contributed by atoms with Gasteiger partial charge in [-0.15, -0.1) is 0 Å². The van der Waals surface area contributed by atoms with E-state index >= 15 is 0 Å². The third kappa shape index (κ3) is 7.75. The molecule has 34 heavy (non-hydrogen) atoms. The van der Waals surface area contributed by atoms with Crippen LogP contribution in [0.2, 0.25) is 0 Å². The zero-order valence-corrected chi connectivity index (χ0v) is 17.9. The first-order chi connectivity index (χ1) is 16.4. The van der Waals surface area contributed by atoms with Crippen molar-refractivity contribution in [2.45, 2.75) is 12.8 Å². The molecule has 0 fully saturated rings. The molecular formula is C24H21N3O7. The molecule has 3 rings (SSSR count).